The summed E-state index contributed by atoms with van der Waals surface area (Å²) in [4.78, 5) is 42.0. The van der Waals surface area contributed by atoms with Crippen LogP contribution in [0.1, 0.15) is 51.5 Å². The maximum Gasteiger partial charge on any atom is 0.233 e. The number of aryl methyl sites for hydroxylation is 1. The molecule has 0 saturated carbocycles. The largest absolute Gasteiger partial charge is 0.368 e. The Bertz CT molecular complexity index is 1110. The summed E-state index contributed by atoms with van der Waals surface area (Å²) in [7, 11) is 0. The molecule has 0 bridgehead atoms. The summed E-state index contributed by atoms with van der Waals surface area (Å²) in [5.74, 6) is 0.792. The summed E-state index contributed by atoms with van der Waals surface area (Å²) in [6, 6.07) is 8.46. The predicted octanol–water partition coefficient (Wildman–Crippen LogP) is 3.65. The first-order chi connectivity index (χ1) is 15.5. The number of aromatic nitrogens is 4. The van der Waals surface area contributed by atoms with Gasteiger partial charge in [-0.05, 0) is 44.2 Å². The van der Waals surface area contributed by atoms with Crippen LogP contribution in [0.5, 0.6) is 0 Å². The smallest absolute Gasteiger partial charge is 0.233 e. The van der Waals surface area contributed by atoms with E-state index in [0.717, 1.165) is 37.8 Å². The van der Waals surface area contributed by atoms with Gasteiger partial charge in [-0.1, -0.05) is 24.6 Å². The zero-order valence-electron chi connectivity index (χ0n) is 18.5. The fraction of sp³-hybridized carbons (Fsp3) is 0.435. The van der Waals surface area contributed by atoms with Gasteiger partial charge in [0.25, 0.3) is 0 Å². The SMILES string of the molecule is CC(=O)Nc1nc(NCCCCCC(=O)N2c3ccccc3CC[C@H]2C)c2[nH]cnc2n1. The number of nitrogens with one attached hydrogen (secondary N) is 3. The van der Waals surface area contributed by atoms with E-state index in [0.29, 0.717) is 29.9 Å². The number of hydrogen-bond donors (Lipinski definition) is 3. The molecule has 2 amide bonds. The Balaban J connectivity index is 1.26. The first-order valence-corrected chi connectivity index (χ1v) is 11.2. The highest BCUT2D eigenvalue weighted by Gasteiger charge is 2.27. The summed E-state index contributed by atoms with van der Waals surface area (Å²) in [6.45, 7) is 4.24. The Labute approximate surface area is 187 Å². The molecule has 0 fully saturated rings. The van der Waals surface area contributed by atoms with Crippen LogP contribution in [0, 0.1) is 0 Å². The third kappa shape index (κ3) is 4.87. The molecule has 0 aliphatic carbocycles. The van der Waals surface area contributed by atoms with E-state index >= 15 is 0 Å². The van der Waals surface area contributed by atoms with Gasteiger partial charge < -0.3 is 15.2 Å². The number of nitrogens with zero attached hydrogens (tertiary/aromatic N) is 4. The Hall–Kier alpha value is -3.49. The molecule has 0 spiro atoms. The van der Waals surface area contributed by atoms with Crippen LogP contribution in [0.4, 0.5) is 17.5 Å². The summed E-state index contributed by atoms with van der Waals surface area (Å²) < 4.78 is 0. The summed E-state index contributed by atoms with van der Waals surface area (Å²) in [5.41, 5.74) is 3.52. The first-order valence-electron chi connectivity index (χ1n) is 11.2. The first kappa shape index (κ1) is 21.7. The number of carbonyl (C=O) groups is 2. The van der Waals surface area contributed by atoms with Crippen molar-refractivity contribution in [2.45, 2.75) is 58.4 Å². The average molecular weight is 436 g/mol. The third-order valence-corrected chi connectivity index (χ3v) is 5.73. The minimum Gasteiger partial charge on any atom is -0.368 e. The van der Waals surface area contributed by atoms with Gasteiger partial charge >= 0.3 is 0 Å². The zero-order chi connectivity index (χ0) is 22.5. The molecular formula is C23H29N7O2. The molecule has 3 N–H and O–H groups in total. The second kappa shape index (κ2) is 9.76. The lowest BCUT2D eigenvalue weighted by Crippen LogP contribution is -2.42. The Morgan fingerprint density at radius 2 is 2.03 bits per heavy atom. The van der Waals surface area contributed by atoms with Crippen molar-refractivity contribution >= 4 is 40.4 Å². The van der Waals surface area contributed by atoms with E-state index in [-0.39, 0.29) is 23.8 Å². The van der Waals surface area contributed by atoms with Crippen LogP contribution in [-0.2, 0) is 16.0 Å². The number of amides is 2. The van der Waals surface area contributed by atoms with E-state index in [1.165, 1.54) is 12.5 Å². The molecule has 0 radical (unpaired) electrons. The van der Waals surface area contributed by atoms with Gasteiger partial charge in [0.2, 0.25) is 17.8 Å². The molecule has 9 nitrogen and oxygen atoms in total. The van der Waals surface area contributed by atoms with Crippen LogP contribution in [0.25, 0.3) is 11.2 Å². The zero-order valence-corrected chi connectivity index (χ0v) is 18.5. The molecule has 3 aromatic rings. The third-order valence-electron chi connectivity index (χ3n) is 5.73. The van der Waals surface area contributed by atoms with Crippen LogP contribution in [0.3, 0.4) is 0 Å². The summed E-state index contributed by atoms with van der Waals surface area (Å²) in [6.07, 6.45) is 6.80. The maximum absolute atomic E-state index is 12.9. The lowest BCUT2D eigenvalue weighted by molar-refractivity contribution is -0.119. The van der Waals surface area contributed by atoms with Crippen LogP contribution < -0.4 is 15.5 Å². The van der Waals surface area contributed by atoms with Crippen molar-refractivity contribution in [1.82, 2.24) is 19.9 Å². The monoisotopic (exact) mass is 435 g/mol. The van der Waals surface area contributed by atoms with E-state index in [1.807, 2.05) is 17.0 Å². The second-order valence-electron chi connectivity index (χ2n) is 8.20. The number of rotatable bonds is 8. The van der Waals surface area contributed by atoms with E-state index < -0.39 is 0 Å². The number of carbonyl (C=O) groups excluding carboxylic acids is 2. The van der Waals surface area contributed by atoms with Gasteiger partial charge in [-0.2, -0.15) is 9.97 Å². The minimum absolute atomic E-state index is 0.201. The normalized spacial score (nSPS) is 15.4. The Kier molecular flexibility index (Phi) is 6.63. The van der Waals surface area contributed by atoms with Gasteiger partial charge in [0.1, 0.15) is 5.52 Å². The topological polar surface area (TPSA) is 116 Å². The number of H-pyrrole nitrogens is 1. The molecule has 1 aromatic carbocycles. The number of para-hydroxylation sites is 1. The molecule has 0 unspecified atom stereocenters. The van der Waals surface area contributed by atoms with E-state index in [1.54, 1.807) is 6.33 Å². The summed E-state index contributed by atoms with van der Waals surface area (Å²) in [5, 5.41) is 5.88. The molecule has 2 aromatic heterocycles. The number of aromatic amines is 1. The Morgan fingerprint density at radius 3 is 2.88 bits per heavy atom. The number of unbranched alkanes of at least 4 members (excludes halogenated alkanes) is 2. The van der Waals surface area contributed by atoms with Crippen molar-refractivity contribution in [1.29, 1.82) is 0 Å². The standard InChI is InChI=1S/C23H29N7O2/c1-15-11-12-17-8-5-6-9-18(17)30(15)19(32)10-4-3-7-13-24-21-20-22(26-14-25-20)29-23(28-21)27-16(2)31/h5-6,8-9,14-15H,3-4,7,10-13H2,1-2H3,(H3,24,25,26,27,28,29,31)/t15-/m1/s1. The van der Waals surface area contributed by atoms with E-state index in [2.05, 4.69) is 49.6 Å². The molecule has 9 heteroatoms. The fourth-order valence-electron chi connectivity index (χ4n) is 4.15. The minimum atomic E-state index is -0.235. The highest BCUT2D eigenvalue weighted by molar-refractivity contribution is 5.95. The van der Waals surface area contributed by atoms with Crippen molar-refractivity contribution in [3.8, 4) is 0 Å². The van der Waals surface area contributed by atoms with Gasteiger partial charge in [-0.3, -0.25) is 14.9 Å². The number of benzene rings is 1. The van der Waals surface area contributed by atoms with Gasteiger partial charge in [0.15, 0.2) is 11.5 Å². The van der Waals surface area contributed by atoms with Crippen LogP contribution in [0.2, 0.25) is 0 Å². The van der Waals surface area contributed by atoms with Crippen molar-refractivity contribution in [3.63, 3.8) is 0 Å². The van der Waals surface area contributed by atoms with Gasteiger partial charge in [-0.25, -0.2) is 4.98 Å². The number of hydrogen-bond acceptors (Lipinski definition) is 6. The molecule has 1 aliphatic rings. The molecule has 168 valence electrons. The van der Waals surface area contributed by atoms with Crippen LogP contribution in [0.15, 0.2) is 30.6 Å². The van der Waals surface area contributed by atoms with Crippen LogP contribution >= 0.6 is 0 Å². The van der Waals surface area contributed by atoms with Gasteiger partial charge in [0.05, 0.1) is 6.33 Å². The maximum atomic E-state index is 12.9. The molecule has 0 saturated heterocycles. The predicted molar refractivity (Wildman–Crippen MR) is 125 cm³/mol. The van der Waals surface area contributed by atoms with Crippen LogP contribution in [-0.4, -0.2) is 44.3 Å². The lowest BCUT2D eigenvalue weighted by atomic mass is 9.96. The number of anilines is 3. The molecule has 1 aliphatic heterocycles. The van der Waals surface area contributed by atoms with Gasteiger partial charge in [0, 0.05) is 31.6 Å². The quantitative estimate of drug-likeness (QED) is 0.465. The Morgan fingerprint density at radius 1 is 1.19 bits per heavy atom. The highest BCUT2D eigenvalue weighted by Crippen LogP contribution is 2.31. The molecule has 1 atom stereocenters. The van der Waals surface area contributed by atoms with Gasteiger partial charge in [-0.15, -0.1) is 0 Å². The number of imidazole rings is 1. The lowest BCUT2D eigenvalue weighted by Gasteiger charge is -2.35. The van der Waals surface area contributed by atoms with Crippen molar-refractivity contribution < 1.29 is 9.59 Å². The van der Waals surface area contributed by atoms with E-state index in [4.69, 9.17) is 0 Å². The van der Waals surface area contributed by atoms with Crippen molar-refractivity contribution in [3.05, 3.63) is 36.2 Å². The number of fused-ring (bicyclic) bond motifs is 2. The van der Waals surface area contributed by atoms with Crippen molar-refractivity contribution in [2.24, 2.45) is 0 Å². The molecular weight excluding hydrogens is 406 g/mol. The molecule has 3 heterocycles. The molecule has 4 rings (SSSR count). The average Bonchev–Trinajstić information content (AvgIpc) is 3.24. The summed E-state index contributed by atoms with van der Waals surface area (Å²) >= 11 is 0. The highest BCUT2D eigenvalue weighted by atomic mass is 16.2. The molecule has 32 heavy (non-hydrogen) atoms. The fourth-order valence-corrected chi connectivity index (χ4v) is 4.15. The second-order valence-corrected chi connectivity index (χ2v) is 8.20. The van der Waals surface area contributed by atoms with Crippen molar-refractivity contribution in [2.75, 3.05) is 22.1 Å². The van der Waals surface area contributed by atoms with E-state index in [9.17, 15) is 9.59 Å².